The van der Waals surface area contributed by atoms with E-state index in [2.05, 4.69) is 40.2 Å². The van der Waals surface area contributed by atoms with Crippen molar-refractivity contribution in [2.75, 3.05) is 26.2 Å². The van der Waals surface area contributed by atoms with Gasteiger partial charge in [0, 0.05) is 30.1 Å². The van der Waals surface area contributed by atoms with Gasteiger partial charge in [0.25, 0.3) is 0 Å². The first-order chi connectivity index (χ1) is 10.9. The summed E-state index contributed by atoms with van der Waals surface area (Å²) in [5.74, 6) is 0.495. The van der Waals surface area contributed by atoms with E-state index < -0.39 is 0 Å². The molecule has 3 heteroatoms. The quantitative estimate of drug-likeness (QED) is 0.929. The maximum absolute atomic E-state index is 5.30. The lowest BCUT2D eigenvalue weighted by Gasteiger charge is -2.17. The molecule has 0 spiro atoms. The van der Waals surface area contributed by atoms with E-state index in [4.69, 9.17) is 4.74 Å². The summed E-state index contributed by atoms with van der Waals surface area (Å²) >= 11 is 0. The Morgan fingerprint density at radius 3 is 2.91 bits per heavy atom. The summed E-state index contributed by atoms with van der Waals surface area (Å²) in [4.78, 5) is 6.19. The van der Waals surface area contributed by atoms with Crippen molar-refractivity contribution in [1.29, 1.82) is 0 Å². The Morgan fingerprint density at radius 2 is 2.09 bits per heavy atom. The van der Waals surface area contributed by atoms with Crippen LogP contribution in [0.2, 0.25) is 0 Å². The molecule has 3 heterocycles. The molecule has 0 bridgehead atoms. The lowest BCUT2D eigenvalue weighted by Crippen LogP contribution is -2.21. The van der Waals surface area contributed by atoms with Crippen LogP contribution in [0.1, 0.15) is 36.4 Å². The van der Waals surface area contributed by atoms with Gasteiger partial charge in [0.2, 0.25) is 0 Å². The molecule has 116 valence electrons. The highest BCUT2D eigenvalue weighted by Crippen LogP contribution is 2.27. The van der Waals surface area contributed by atoms with Crippen molar-refractivity contribution in [3.8, 4) is 0 Å². The first-order valence-electron chi connectivity index (χ1n) is 8.51. The standard InChI is InChI=1S/C19H24N2O/c1-2-9-21(8-1)10-5-18-13-17-4-3-16(14-19(17)20-18)15-6-11-22-12-7-15/h3-4,6,11,13-15,20H,1-2,5,7-10,12H2. The SMILES string of the molecule is C1=CC(c2ccc3cc(CCN4CCCC4)[nH]c3c2)CCO1. The largest absolute Gasteiger partial charge is 0.501 e. The van der Waals surface area contributed by atoms with Gasteiger partial charge in [0.05, 0.1) is 12.9 Å². The number of allylic oxidation sites excluding steroid dienone is 1. The third-order valence-electron chi connectivity index (χ3n) is 4.98. The van der Waals surface area contributed by atoms with E-state index in [1.165, 1.54) is 54.6 Å². The average molecular weight is 296 g/mol. The third kappa shape index (κ3) is 2.91. The number of hydrogen-bond donors (Lipinski definition) is 1. The van der Waals surface area contributed by atoms with Gasteiger partial charge in [-0.15, -0.1) is 0 Å². The van der Waals surface area contributed by atoms with Crippen molar-refractivity contribution in [2.24, 2.45) is 0 Å². The van der Waals surface area contributed by atoms with E-state index in [9.17, 15) is 0 Å². The molecule has 22 heavy (non-hydrogen) atoms. The van der Waals surface area contributed by atoms with E-state index >= 15 is 0 Å². The van der Waals surface area contributed by atoms with Crippen molar-refractivity contribution in [1.82, 2.24) is 9.88 Å². The molecular formula is C19H24N2O. The second kappa shape index (κ2) is 6.17. The number of nitrogens with one attached hydrogen (secondary N) is 1. The minimum atomic E-state index is 0.495. The predicted octanol–water partition coefficient (Wildman–Crippen LogP) is 3.82. The summed E-state index contributed by atoms with van der Waals surface area (Å²) in [6.07, 6.45) is 8.95. The zero-order chi connectivity index (χ0) is 14.8. The molecule has 0 saturated carbocycles. The van der Waals surface area contributed by atoms with Crippen LogP contribution in [0.5, 0.6) is 0 Å². The number of aromatic amines is 1. The van der Waals surface area contributed by atoms with Gasteiger partial charge in [-0.1, -0.05) is 12.1 Å². The van der Waals surface area contributed by atoms with Gasteiger partial charge in [-0.2, -0.15) is 0 Å². The fourth-order valence-corrected chi connectivity index (χ4v) is 3.64. The van der Waals surface area contributed by atoms with Crippen molar-refractivity contribution in [2.45, 2.75) is 31.6 Å². The molecular weight excluding hydrogens is 272 g/mol. The molecule has 2 aliphatic rings. The van der Waals surface area contributed by atoms with Crippen LogP contribution in [0, 0.1) is 0 Å². The molecule has 1 aromatic heterocycles. The molecule has 0 amide bonds. The van der Waals surface area contributed by atoms with Crippen molar-refractivity contribution < 1.29 is 4.74 Å². The topological polar surface area (TPSA) is 28.3 Å². The highest BCUT2D eigenvalue weighted by atomic mass is 16.5. The highest BCUT2D eigenvalue weighted by Gasteiger charge is 2.14. The van der Waals surface area contributed by atoms with E-state index in [0.717, 1.165) is 19.4 Å². The maximum atomic E-state index is 5.30. The molecule has 2 aliphatic heterocycles. The fraction of sp³-hybridized carbons (Fsp3) is 0.474. The predicted molar refractivity (Wildman–Crippen MR) is 90.1 cm³/mol. The van der Waals surface area contributed by atoms with Gasteiger partial charge in [-0.3, -0.25) is 0 Å². The van der Waals surface area contributed by atoms with Crippen LogP contribution < -0.4 is 0 Å². The van der Waals surface area contributed by atoms with Gasteiger partial charge in [-0.05, 0) is 61.5 Å². The third-order valence-corrected chi connectivity index (χ3v) is 4.98. The first-order valence-corrected chi connectivity index (χ1v) is 8.51. The van der Waals surface area contributed by atoms with Crippen LogP contribution in [-0.4, -0.2) is 36.1 Å². The number of hydrogen-bond acceptors (Lipinski definition) is 2. The van der Waals surface area contributed by atoms with Crippen molar-refractivity contribution in [3.05, 3.63) is 47.9 Å². The summed E-state index contributed by atoms with van der Waals surface area (Å²) in [6, 6.07) is 9.15. The molecule has 1 N–H and O–H groups in total. The fourth-order valence-electron chi connectivity index (χ4n) is 3.64. The number of likely N-dealkylation sites (tertiary alicyclic amines) is 1. The zero-order valence-corrected chi connectivity index (χ0v) is 13.1. The number of nitrogens with zero attached hydrogens (tertiary/aromatic N) is 1. The average Bonchev–Trinajstić information content (AvgIpc) is 3.22. The Balaban J connectivity index is 1.50. The lowest BCUT2D eigenvalue weighted by molar-refractivity contribution is 0.223. The van der Waals surface area contributed by atoms with Gasteiger partial charge >= 0.3 is 0 Å². The van der Waals surface area contributed by atoms with Gasteiger partial charge in [-0.25, -0.2) is 0 Å². The molecule has 1 saturated heterocycles. The Hall–Kier alpha value is -1.74. The Morgan fingerprint density at radius 1 is 1.18 bits per heavy atom. The molecule has 3 nitrogen and oxygen atoms in total. The van der Waals surface area contributed by atoms with Gasteiger partial charge in [0.15, 0.2) is 0 Å². The van der Waals surface area contributed by atoms with Crippen LogP contribution >= 0.6 is 0 Å². The number of fused-ring (bicyclic) bond motifs is 1. The Bertz CT molecular complexity index is 667. The van der Waals surface area contributed by atoms with Crippen LogP contribution in [0.25, 0.3) is 10.9 Å². The Kier molecular flexibility index (Phi) is 3.90. The van der Waals surface area contributed by atoms with Crippen molar-refractivity contribution >= 4 is 10.9 Å². The van der Waals surface area contributed by atoms with Gasteiger partial charge < -0.3 is 14.6 Å². The second-order valence-corrected chi connectivity index (χ2v) is 6.53. The van der Waals surface area contributed by atoms with Crippen LogP contribution in [0.4, 0.5) is 0 Å². The van der Waals surface area contributed by atoms with Crippen LogP contribution in [-0.2, 0) is 11.2 Å². The smallest absolute Gasteiger partial charge is 0.0882 e. The number of ether oxygens (including phenoxy) is 1. The summed E-state index contributed by atoms with van der Waals surface area (Å²) in [6.45, 7) is 4.56. The van der Waals surface area contributed by atoms with Gasteiger partial charge in [0.1, 0.15) is 0 Å². The summed E-state index contributed by atoms with van der Waals surface area (Å²) in [5, 5.41) is 1.33. The minimum Gasteiger partial charge on any atom is -0.501 e. The molecule has 2 aromatic rings. The minimum absolute atomic E-state index is 0.495. The number of benzene rings is 1. The van der Waals surface area contributed by atoms with E-state index in [1.807, 2.05) is 6.26 Å². The molecule has 1 fully saturated rings. The zero-order valence-electron chi connectivity index (χ0n) is 13.1. The van der Waals surface area contributed by atoms with Crippen LogP contribution in [0.15, 0.2) is 36.6 Å². The molecule has 1 unspecified atom stereocenters. The molecule has 1 atom stereocenters. The van der Waals surface area contributed by atoms with Crippen molar-refractivity contribution in [3.63, 3.8) is 0 Å². The summed E-state index contributed by atoms with van der Waals surface area (Å²) < 4.78 is 5.30. The van der Waals surface area contributed by atoms with E-state index in [-0.39, 0.29) is 0 Å². The molecule has 4 rings (SSSR count). The second-order valence-electron chi connectivity index (χ2n) is 6.53. The number of H-pyrrole nitrogens is 1. The summed E-state index contributed by atoms with van der Waals surface area (Å²) in [7, 11) is 0. The van der Waals surface area contributed by atoms with E-state index in [1.54, 1.807) is 0 Å². The Labute approximate surface area is 132 Å². The summed E-state index contributed by atoms with van der Waals surface area (Å²) in [5.41, 5.74) is 4.02. The van der Waals surface area contributed by atoms with E-state index in [0.29, 0.717) is 5.92 Å². The monoisotopic (exact) mass is 296 g/mol. The lowest BCUT2D eigenvalue weighted by atomic mass is 9.94. The number of aromatic nitrogens is 1. The molecule has 0 radical (unpaired) electrons. The molecule has 1 aromatic carbocycles. The molecule has 0 aliphatic carbocycles. The number of rotatable bonds is 4. The normalized spacial score (nSPS) is 22.3. The first kappa shape index (κ1) is 13.9. The maximum Gasteiger partial charge on any atom is 0.0882 e. The highest BCUT2D eigenvalue weighted by molar-refractivity contribution is 5.81. The van der Waals surface area contributed by atoms with Crippen LogP contribution in [0.3, 0.4) is 0 Å².